The standard InChI is InChI=1S/C18H19F2NO3/c19-18(20)24-16-8-4-7-14(11-16)17(23)21-12-15(9-10-22)13-5-2-1-3-6-13/h1-8,11,15,18,22H,9-10,12H2,(H,21,23). The van der Waals surface area contributed by atoms with Crippen LogP contribution in [0.1, 0.15) is 28.3 Å². The first-order valence-corrected chi connectivity index (χ1v) is 7.59. The summed E-state index contributed by atoms with van der Waals surface area (Å²) in [7, 11) is 0. The number of hydrogen-bond acceptors (Lipinski definition) is 3. The summed E-state index contributed by atoms with van der Waals surface area (Å²) >= 11 is 0. The van der Waals surface area contributed by atoms with Gasteiger partial charge >= 0.3 is 6.61 Å². The molecule has 0 aliphatic carbocycles. The summed E-state index contributed by atoms with van der Waals surface area (Å²) in [6.45, 7) is -2.59. The second-order valence-corrected chi connectivity index (χ2v) is 5.24. The Balaban J connectivity index is 2.00. The fraction of sp³-hybridized carbons (Fsp3) is 0.278. The SMILES string of the molecule is O=C(NCC(CCO)c1ccccc1)c1cccc(OC(F)F)c1. The Morgan fingerprint density at radius 3 is 2.54 bits per heavy atom. The molecule has 6 heteroatoms. The first-order chi connectivity index (χ1) is 11.6. The molecule has 0 spiro atoms. The molecule has 0 aliphatic rings. The molecule has 0 saturated heterocycles. The molecule has 1 amide bonds. The number of halogens is 2. The summed E-state index contributed by atoms with van der Waals surface area (Å²) in [6.07, 6.45) is 0.513. The van der Waals surface area contributed by atoms with Crippen molar-refractivity contribution in [3.63, 3.8) is 0 Å². The highest BCUT2D eigenvalue weighted by Crippen LogP contribution is 2.19. The number of ether oxygens (including phenoxy) is 1. The average molecular weight is 335 g/mol. The highest BCUT2D eigenvalue weighted by Gasteiger charge is 2.14. The van der Waals surface area contributed by atoms with Crippen LogP contribution in [0.15, 0.2) is 54.6 Å². The largest absolute Gasteiger partial charge is 0.435 e. The number of carbonyl (C=O) groups is 1. The highest BCUT2D eigenvalue weighted by atomic mass is 19.3. The second kappa shape index (κ2) is 8.98. The first kappa shape index (κ1) is 17.9. The maximum absolute atomic E-state index is 12.2. The molecule has 2 aromatic rings. The van der Waals surface area contributed by atoms with Crippen LogP contribution in [-0.2, 0) is 0 Å². The number of nitrogens with one attached hydrogen (secondary N) is 1. The van der Waals surface area contributed by atoms with Crippen LogP contribution in [0.4, 0.5) is 8.78 Å². The number of aliphatic hydroxyl groups excluding tert-OH is 1. The Bertz CT molecular complexity index is 650. The van der Waals surface area contributed by atoms with Crippen molar-refractivity contribution in [3.8, 4) is 5.75 Å². The molecule has 0 radical (unpaired) electrons. The maximum Gasteiger partial charge on any atom is 0.387 e. The molecule has 2 rings (SSSR count). The quantitative estimate of drug-likeness (QED) is 0.779. The number of alkyl halides is 2. The molecule has 4 nitrogen and oxygen atoms in total. The molecular weight excluding hydrogens is 316 g/mol. The number of hydrogen-bond donors (Lipinski definition) is 2. The zero-order valence-electron chi connectivity index (χ0n) is 13.0. The van der Waals surface area contributed by atoms with Crippen molar-refractivity contribution in [2.75, 3.05) is 13.2 Å². The van der Waals surface area contributed by atoms with Gasteiger partial charge in [-0.1, -0.05) is 36.4 Å². The molecule has 1 atom stereocenters. The van der Waals surface area contributed by atoms with Gasteiger partial charge in [-0.05, 0) is 30.2 Å². The van der Waals surface area contributed by atoms with E-state index in [1.54, 1.807) is 0 Å². The van der Waals surface area contributed by atoms with E-state index in [1.807, 2.05) is 30.3 Å². The number of amides is 1. The molecule has 0 bridgehead atoms. The molecule has 24 heavy (non-hydrogen) atoms. The third kappa shape index (κ3) is 5.31. The van der Waals surface area contributed by atoms with Crippen molar-refractivity contribution in [2.24, 2.45) is 0 Å². The topological polar surface area (TPSA) is 58.6 Å². The minimum atomic E-state index is -2.93. The maximum atomic E-state index is 12.2. The van der Waals surface area contributed by atoms with Crippen molar-refractivity contribution < 1.29 is 23.4 Å². The predicted octanol–water partition coefficient (Wildman–Crippen LogP) is 3.18. The lowest BCUT2D eigenvalue weighted by Crippen LogP contribution is -2.28. The lowest BCUT2D eigenvalue weighted by Gasteiger charge is -2.17. The van der Waals surface area contributed by atoms with E-state index in [-0.39, 0.29) is 29.7 Å². The van der Waals surface area contributed by atoms with Crippen molar-refractivity contribution in [1.29, 1.82) is 0 Å². The fourth-order valence-electron chi connectivity index (χ4n) is 2.40. The smallest absolute Gasteiger partial charge is 0.387 e. The van der Waals surface area contributed by atoms with Gasteiger partial charge in [0.2, 0.25) is 0 Å². The Labute approximate surface area is 139 Å². The van der Waals surface area contributed by atoms with Crippen LogP contribution in [0, 0.1) is 0 Å². The summed E-state index contributed by atoms with van der Waals surface area (Å²) in [6, 6.07) is 15.2. The van der Waals surface area contributed by atoms with Crippen LogP contribution in [0.3, 0.4) is 0 Å². The Morgan fingerprint density at radius 1 is 1.12 bits per heavy atom. The van der Waals surface area contributed by atoms with Crippen LogP contribution in [0.5, 0.6) is 5.75 Å². The highest BCUT2D eigenvalue weighted by molar-refractivity contribution is 5.94. The number of benzene rings is 2. The predicted molar refractivity (Wildman–Crippen MR) is 86.3 cm³/mol. The van der Waals surface area contributed by atoms with Gasteiger partial charge in [-0.15, -0.1) is 0 Å². The van der Waals surface area contributed by atoms with Crippen molar-refractivity contribution in [3.05, 3.63) is 65.7 Å². The molecule has 2 N–H and O–H groups in total. The van der Waals surface area contributed by atoms with Crippen molar-refractivity contribution in [1.82, 2.24) is 5.32 Å². The van der Waals surface area contributed by atoms with Gasteiger partial charge in [0.05, 0.1) is 0 Å². The van der Waals surface area contributed by atoms with Gasteiger partial charge in [0.15, 0.2) is 0 Å². The van der Waals surface area contributed by atoms with E-state index < -0.39 is 6.61 Å². The Morgan fingerprint density at radius 2 is 1.88 bits per heavy atom. The van der Waals surface area contributed by atoms with E-state index >= 15 is 0 Å². The van der Waals surface area contributed by atoms with E-state index in [9.17, 15) is 18.7 Å². The molecule has 0 fully saturated rings. The number of aliphatic hydroxyl groups is 1. The van der Waals surface area contributed by atoms with E-state index in [0.717, 1.165) is 5.56 Å². The van der Waals surface area contributed by atoms with Crippen LogP contribution < -0.4 is 10.1 Å². The molecule has 1 unspecified atom stereocenters. The van der Waals surface area contributed by atoms with Gasteiger partial charge in [-0.3, -0.25) is 4.79 Å². The molecule has 0 aromatic heterocycles. The number of carbonyl (C=O) groups excluding carboxylic acids is 1. The zero-order valence-corrected chi connectivity index (χ0v) is 13.0. The van der Waals surface area contributed by atoms with Crippen LogP contribution in [0.2, 0.25) is 0 Å². The molecule has 0 heterocycles. The second-order valence-electron chi connectivity index (χ2n) is 5.24. The van der Waals surface area contributed by atoms with Crippen LogP contribution in [-0.4, -0.2) is 30.8 Å². The third-order valence-corrected chi connectivity index (χ3v) is 3.58. The minimum absolute atomic E-state index is 0.00709. The minimum Gasteiger partial charge on any atom is -0.435 e. The van der Waals surface area contributed by atoms with Crippen LogP contribution in [0.25, 0.3) is 0 Å². The zero-order chi connectivity index (χ0) is 17.4. The van der Waals surface area contributed by atoms with Crippen molar-refractivity contribution >= 4 is 5.91 Å². The average Bonchev–Trinajstić information content (AvgIpc) is 2.58. The summed E-state index contributed by atoms with van der Waals surface area (Å²) in [5.41, 5.74) is 1.26. The Hall–Kier alpha value is -2.47. The lowest BCUT2D eigenvalue weighted by molar-refractivity contribution is -0.0498. The van der Waals surface area contributed by atoms with Crippen molar-refractivity contribution in [2.45, 2.75) is 19.0 Å². The summed E-state index contributed by atoms with van der Waals surface area (Å²) in [5, 5.41) is 12.0. The first-order valence-electron chi connectivity index (χ1n) is 7.59. The number of rotatable bonds is 8. The summed E-state index contributed by atoms with van der Waals surface area (Å²) in [4.78, 5) is 12.2. The van der Waals surface area contributed by atoms with Crippen LogP contribution >= 0.6 is 0 Å². The third-order valence-electron chi connectivity index (χ3n) is 3.58. The van der Waals surface area contributed by atoms with Gasteiger partial charge in [-0.2, -0.15) is 8.78 Å². The molecule has 0 saturated carbocycles. The Kier molecular flexibility index (Phi) is 6.69. The van der Waals surface area contributed by atoms with E-state index in [4.69, 9.17) is 0 Å². The normalized spacial score (nSPS) is 12.0. The molecular formula is C18H19F2NO3. The van der Waals surface area contributed by atoms with Gasteiger partial charge < -0.3 is 15.2 Å². The molecule has 2 aromatic carbocycles. The van der Waals surface area contributed by atoms with Gasteiger partial charge in [-0.25, -0.2) is 0 Å². The molecule has 0 aliphatic heterocycles. The van der Waals surface area contributed by atoms with E-state index in [1.165, 1.54) is 24.3 Å². The van der Waals surface area contributed by atoms with E-state index in [2.05, 4.69) is 10.1 Å². The fourth-order valence-corrected chi connectivity index (χ4v) is 2.40. The van der Waals surface area contributed by atoms with E-state index in [0.29, 0.717) is 13.0 Å². The monoisotopic (exact) mass is 335 g/mol. The summed E-state index contributed by atoms with van der Waals surface area (Å²) < 4.78 is 28.8. The summed E-state index contributed by atoms with van der Waals surface area (Å²) in [5.74, 6) is -0.471. The molecule has 128 valence electrons. The van der Waals surface area contributed by atoms with Gasteiger partial charge in [0.1, 0.15) is 5.75 Å². The van der Waals surface area contributed by atoms with Gasteiger partial charge in [0.25, 0.3) is 5.91 Å². The van der Waals surface area contributed by atoms with Gasteiger partial charge in [0, 0.05) is 24.6 Å². The lowest BCUT2D eigenvalue weighted by atomic mass is 9.96.